The van der Waals surface area contributed by atoms with Crippen molar-refractivity contribution in [3.05, 3.63) is 90.0 Å². The molecule has 3 aromatic carbocycles. The first-order chi connectivity index (χ1) is 12.2. The van der Waals surface area contributed by atoms with Gasteiger partial charge in [0.2, 0.25) is 0 Å². The van der Waals surface area contributed by atoms with E-state index in [1.165, 1.54) is 21.2 Å². The summed E-state index contributed by atoms with van der Waals surface area (Å²) in [7, 11) is 2.09. The van der Waals surface area contributed by atoms with Gasteiger partial charge in [0, 0.05) is 22.4 Å². The van der Waals surface area contributed by atoms with E-state index < -0.39 is 0 Å². The number of hydrogen-bond acceptors (Lipinski definition) is 3. The number of nitrogens with zero attached hydrogens (tertiary/aromatic N) is 1. The van der Waals surface area contributed by atoms with Crippen LogP contribution in [0.15, 0.2) is 88.7 Å². The second-order valence-corrected chi connectivity index (χ2v) is 7.00. The maximum absolute atomic E-state index is 12.2. The van der Waals surface area contributed by atoms with Gasteiger partial charge in [-0.05, 0) is 35.9 Å². The molecule has 0 saturated heterocycles. The lowest BCUT2D eigenvalue weighted by atomic mass is 10.1. The minimum absolute atomic E-state index is 0.0217. The van der Waals surface area contributed by atoms with Crippen LogP contribution in [0.2, 0.25) is 0 Å². The molecule has 0 saturated carbocycles. The molecule has 0 aliphatic carbocycles. The van der Waals surface area contributed by atoms with E-state index in [1.807, 2.05) is 36.4 Å². The molecule has 0 unspecified atom stereocenters. The van der Waals surface area contributed by atoms with Gasteiger partial charge < -0.3 is 4.90 Å². The Morgan fingerprint density at radius 2 is 1.60 bits per heavy atom. The molecule has 0 atom stereocenters. The fourth-order valence-electron chi connectivity index (χ4n) is 2.93. The van der Waals surface area contributed by atoms with Crippen molar-refractivity contribution >= 4 is 35.0 Å². The minimum atomic E-state index is 0.0217. The van der Waals surface area contributed by atoms with E-state index in [4.69, 9.17) is 0 Å². The van der Waals surface area contributed by atoms with Crippen LogP contribution >= 0.6 is 11.8 Å². The molecule has 4 rings (SSSR count). The summed E-state index contributed by atoms with van der Waals surface area (Å²) in [6.07, 6.45) is 3.53. The van der Waals surface area contributed by atoms with Crippen molar-refractivity contribution in [1.82, 2.24) is 0 Å². The number of fused-ring (bicyclic) bond motifs is 2. The first kappa shape index (κ1) is 15.7. The molecule has 0 aromatic heterocycles. The van der Waals surface area contributed by atoms with E-state index >= 15 is 0 Å². The monoisotopic (exact) mass is 343 g/mol. The van der Waals surface area contributed by atoms with Crippen molar-refractivity contribution in [2.45, 2.75) is 9.79 Å². The molecule has 2 nitrogen and oxygen atoms in total. The Morgan fingerprint density at radius 1 is 0.880 bits per heavy atom. The first-order valence-corrected chi connectivity index (χ1v) is 8.96. The molecular weight excluding hydrogens is 326 g/mol. The van der Waals surface area contributed by atoms with E-state index in [-0.39, 0.29) is 5.78 Å². The van der Waals surface area contributed by atoms with Crippen LogP contribution in [0.1, 0.15) is 15.9 Å². The fraction of sp³-hybridized carbons (Fsp3) is 0.0455. The highest BCUT2D eigenvalue weighted by atomic mass is 32.2. The predicted octanol–water partition coefficient (Wildman–Crippen LogP) is 5.82. The molecule has 0 spiro atoms. The maximum atomic E-state index is 12.2. The van der Waals surface area contributed by atoms with Gasteiger partial charge in [-0.2, -0.15) is 0 Å². The Morgan fingerprint density at radius 3 is 2.44 bits per heavy atom. The van der Waals surface area contributed by atoms with Gasteiger partial charge in [-0.3, -0.25) is 4.79 Å². The number of carbonyl (C=O) groups excluding carboxylic acids is 1. The fourth-order valence-corrected chi connectivity index (χ4v) is 4.13. The second kappa shape index (κ2) is 6.61. The van der Waals surface area contributed by atoms with Crippen LogP contribution in [0.3, 0.4) is 0 Å². The summed E-state index contributed by atoms with van der Waals surface area (Å²) in [5.41, 5.74) is 4.15. The molecule has 3 heteroatoms. The smallest absolute Gasteiger partial charge is 0.185 e. The van der Waals surface area contributed by atoms with E-state index in [0.717, 1.165) is 5.56 Å². The third kappa shape index (κ3) is 3.11. The van der Waals surface area contributed by atoms with Crippen LogP contribution < -0.4 is 4.90 Å². The van der Waals surface area contributed by atoms with Gasteiger partial charge in [-0.15, -0.1) is 0 Å². The van der Waals surface area contributed by atoms with E-state index in [2.05, 4.69) is 54.4 Å². The molecule has 3 aromatic rings. The lowest BCUT2D eigenvalue weighted by molar-refractivity contribution is 0.104. The topological polar surface area (TPSA) is 20.3 Å². The molecule has 0 amide bonds. The quantitative estimate of drug-likeness (QED) is 0.442. The molecule has 0 N–H and O–H groups in total. The van der Waals surface area contributed by atoms with Gasteiger partial charge >= 0.3 is 0 Å². The summed E-state index contributed by atoms with van der Waals surface area (Å²) < 4.78 is 0. The largest absolute Gasteiger partial charge is 0.343 e. The summed E-state index contributed by atoms with van der Waals surface area (Å²) in [4.78, 5) is 16.9. The molecule has 0 fully saturated rings. The summed E-state index contributed by atoms with van der Waals surface area (Å²) in [6, 6.07) is 24.1. The summed E-state index contributed by atoms with van der Waals surface area (Å²) in [5.74, 6) is 0.0217. The number of hydrogen-bond donors (Lipinski definition) is 0. The number of ketones is 1. The lowest BCUT2D eigenvalue weighted by Crippen LogP contribution is -2.14. The van der Waals surface area contributed by atoms with Crippen LogP contribution in [-0.2, 0) is 0 Å². The lowest BCUT2D eigenvalue weighted by Gasteiger charge is -2.29. The molecule has 1 aliphatic rings. The van der Waals surface area contributed by atoms with Crippen molar-refractivity contribution in [2.24, 2.45) is 0 Å². The predicted molar refractivity (Wildman–Crippen MR) is 105 cm³/mol. The first-order valence-electron chi connectivity index (χ1n) is 8.14. The SMILES string of the molecule is CN1c2ccccc2Sc2cc(/C=C/C(=O)c3ccccc3)ccc21. The highest BCUT2D eigenvalue weighted by Crippen LogP contribution is 2.47. The summed E-state index contributed by atoms with van der Waals surface area (Å²) in [6.45, 7) is 0. The van der Waals surface area contributed by atoms with Crippen LogP contribution in [0.5, 0.6) is 0 Å². The Kier molecular flexibility index (Phi) is 4.16. The van der Waals surface area contributed by atoms with Gasteiger partial charge in [0.15, 0.2) is 5.78 Å². The average molecular weight is 343 g/mol. The molecule has 25 heavy (non-hydrogen) atoms. The number of benzene rings is 3. The van der Waals surface area contributed by atoms with Gasteiger partial charge in [-0.1, -0.05) is 66.4 Å². The number of rotatable bonds is 3. The zero-order valence-electron chi connectivity index (χ0n) is 13.8. The second-order valence-electron chi connectivity index (χ2n) is 5.92. The Bertz CT molecular complexity index is 963. The Balaban J connectivity index is 1.60. The van der Waals surface area contributed by atoms with E-state index in [1.54, 1.807) is 17.8 Å². The molecule has 1 heterocycles. The zero-order valence-corrected chi connectivity index (χ0v) is 14.7. The number of anilines is 2. The Hall–Kier alpha value is -2.78. The van der Waals surface area contributed by atoms with Crippen molar-refractivity contribution in [2.75, 3.05) is 11.9 Å². The van der Waals surface area contributed by atoms with Crippen LogP contribution in [0, 0.1) is 0 Å². The summed E-state index contributed by atoms with van der Waals surface area (Å²) in [5, 5.41) is 0. The summed E-state index contributed by atoms with van der Waals surface area (Å²) >= 11 is 1.77. The molecule has 0 bridgehead atoms. The van der Waals surface area contributed by atoms with Gasteiger partial charge in [0.1, 0.15) is 0 Å². The zero-order chi connectivity index (χ0) is 17.2. The third-order valence-corrected chi connectivity index (χ3v) is 5.39. The van der Waals surface area contributed by atoms with E-state index in [9.17, 15) is 4.79 Å². The van der Waals surface area contributed by atoms with Crippen molar-refractivity contribution in [3.63, 3.8) is 0 Å². The number of para-hydroxylation sites is 1. The molecule has 1 aliphatic heterocycles. The van der Waals surface area contributed by atoms with Gasteiger partial charge in [0.25, 0.3) is 0 Å². The van der Waals surface area contributed by atoms with Crippen LogP contribution in [0.4, 0.5) is 11.4 Å². The van der Waals surface area contributed by atoms with Gasteiger partial charge in [0.05, 0.1) is 11.4 Å². The highest BCUT2D eigenvalue weighted by molar-refractivity contribution is 7.99. The normalized spacial score (nSPS) is 12.8. The standard InChI is InChI=1S/C22H17NOS/c1-23-18-9-5-6-10-21(18)25-22-15-16(11-13-19(22)23)12-14-20(24)17-7-3-2-4-8-17/h2-15H,1H3/b14-12+. The molecule has 0 radical (unpaired) electrons. The maximum Gasteiger partial charge on any atom is 0.185 e. The Labute approximate surface area is 151 Å². The third-order valence-electron chi connectivity index (χ3n) is 4.28. The highest BCUT2D eigenvalue weighted by Gasteiger charge is 2.20. The van der Waals surface area contributed by atoms with Crippen molar-refractivity contribution in [3.8, 4) is 0 Å². The van der Waals surface area contributed by atoms with Crippen LogP contribution in [-0.4, -0.2) is 12.8 Å². The van der Waals surface area contributed by atoms with E-state index in [0.29, 0.717) is 5.56 Å². The van der Waals surface area contributed by atoms with Crippen molar-refractivity contribution < 1.29 is 4.79 Å². The van der Waals surface area contributed by atoms with Crippen molar-refractivity contribution in [1.29, 1.82) is 0 Å². The molecular formula is C22H17NOS. The number of carbonyl (C=O) groups is 1. The van der Waals surface area contributed by atoms with Gasteiger partial charge in [-0.25, -0.2) is 0 Å². The average Bonchev–Trinajstić information content (AvgIpc) is 2.67. The molecule has 122 valence electrons. The minimum Gasteiger partial charge on any atom is -0.343 e. The van der Waals surface area contributed by atoms with Crippen LogP contribution in [0.25, 0.3) is 6.08 Å². The number of allylic oxidation sites excluding steroid dienone is 1.